The number of anilines is 1. The first-order valence-electron chi connectivity index (χ1n) is 7.11. The summed E-state index contributed by atoms with van der Waals surface area (Å²) in [7, 11) is 0. The van der Waals surface area contributed by atoms with Gasteiger partial charge in [0.25, 0.3) is 0 Å². The number of carbonyl (C=O) groups is 2. The minimum atomic E-state index is -0.166. The zero-order valence-electron chi connectivity index (χ0n) is 12.7. The normalized spacial score (nSPS) is 17.2. The van der Waals surface area contributed by atoms with Crippen molar-refractivity contribution in [3.05, 3.63) is 11.8 Å². The van der Waals surface area contributed by atoms with Gasteiger partial charge >= 0.3 is 0 Å². The van der Waals surface area contributed by atoms with Crippen molar-refractivity contribution in [2.75, 3.05) is 31.5 Å². The molecule has 1 aliphatic rings. The van der Waals surface area contributed by atoms with Crippen LogP contribution in [-0.2, 0) is 15.0 Å². The van der Waals surface area contributed by atoms with E-state index in [1.807, 2.05) is 25.7 Å². The van der Waals surface area contributed by atoms with Gasteiger partial charge in [0.1, 0.15) is 0 Å². The highest BCUT2D eigenvalue weighted by Crippen LogP contribution is 2.23. The van der Waals surface area contributed by atoms with Crippen molar-refractivity contribution < 1.29 is 14.1 Å². The smallest absolute Gasteiger partial charge is 0.240 e. The molecule has 2 N–H and O–H groups in total. The zero-order valence-corrected chi connectivity index (χ0v) is 12.7. The van der Waals surface area contributed by atoms with Crippen molar-refractivity contribution in [1.82, 2.24) is 15.4 Å². The first kappa shape index (κ1) is 15.5. The Kier molecular flexibility index (Phi) is 4.62. The van der Waals surface area contributed by atoms with Gasteiger partial charge in [0.2, 0.25) is 17.7 Å². The molecular weight excluding hydrogens is 272 g/mol. The lowest BCUT2D eigenvalue weighted by molar-refractivity contribution is -0.121. The van der Waals surface area contributed by atoms with E-state index < -0.39 is 0 Å². The van der Waals surface area contributed by atoms with Gasteiger partial charge in [-0.3, -0.25) is 19.8 Å². The maximum atomic E-state index is 12.0. The van der Waals surface area contributed by atoms with Crippen LogP contribution >= 0.6 is 0 Å². The highest BCUT2D eigenvalue weighted by molar-refractivity contribution is 5.91. The number of rotatable bonds is 3. The summed E-state index contributed by atoms with van der Waals surface area (Å²) in [6, 6.07) is 1.74. The molecule has 0 aromatic carbocycles. The molecule has 0 radical (unpaired) electrons. The van der Waals surface area contributed by atoms with E-state index >= 15 is 0 Å². The second-order valence-corrected chi connectivity index (χ2v) is 6.25. The fourth-order valence-electron chi connectivity index (χ4n) is 2.04. The molecule has 1 aromatic heterocycles. The van der Waals surface area contributed by atoms with Crippen LogP contribution < -0.4 is 10.6 Å². The minimum absolute atomic E-state index is 0.0305. The molecule has 1 aromatic rings. The van der Waals surface area contributed by atoms with E-state index in [-0.39, 0.29) is 23.8 Å². The first-order valence-corrected chi connectivity index (χ1v) is 7.11. The summed E-state index contributed by atoms with van der Waals surface area (Å²) in [5.74, 6) is 0.220. The molecule has 0 saturated carbocycles. The molecule has 21 heavy (non-hydrogen) atoms. The van der Waals surface area contributed by atoms with Gasteiger partial charge in [-0.25, -0.2) is 0 Å². The van der Waals surface area contributed by atoms with Gasteiger partial charge in [-0.1, -0.05) is 25.9 Å². The molecule has 7 heteroatoms. The van der Waals surface area contributed by atoms with E-state index in [9.17, 15) is 9.59 Å². The van der Waals surface area contributed by atoms with E-state index in [2.05, 4.69) is 15.8 Å². The zero-order chi connectivity index (χ0) is 15.5. The quantitative estimate of drug-likeness (QED) is 0.858. The van der Waals surface area contributed by atoms with Gasteiger partial charge in [0.05, 0.1) is 12.2 Å². The topological polar surface area (TPSA) is 87.5 Å². The Hall–Kier alpha value is -1.89. The number of hydrogen-bond donors (Lipinski definition) is 2. The largest absolute Gasteiger partial charge is 0.355 e. The summed E-state index contributed by atoms with van der Waals surface area (Å²) < 4.78 is 5.13. The van der Waals surface area contributed by atoms with Crippen LogP contribution in [0.3, 0.4) is 0 Å². The van der Waals surface area contributed by atoms with E-state index in [1.165, 1.54) is 0 Å². The average molecular weight is 294 g/mol. The molecule has 0 spiro atoms. The minimum Gasteiger partial charge on any atom is -0.355 e. The van der Waals surface area contributed by atoms with Crippen molar-refractivity contribution in [2.45, 2.75) is 32.6 Å². The summed E-state index contributed by atoms with van der Waals surface area (Å²) >= 11 is 0. The third-order valence-corrected chi connectivity index (χ3v) is 3.31. The third-order valence-electron chi connectivity index (χ3n) is 3.31. The molecule has 116 valence electrons. The lowest BCUT2D eigenvalue weighted by Gasteiger charge is -2.17. The van der Waals surface area contributed by atoms with E-state index in [4.69, 9.17) is 4.52 Å². The Balaban J connectivity index is 1.87. The number of nitrogens with one attached hydrogen (secondary N) is 2. The Morgan fingerprint density at radius 2 is 2.24 bits per heavy atom. The molecule has 2 rings (SSSR count). The van der Waals surface area contributed by atoms with Crippen LogP contribution in [0.2, 0.25) is 0 Å². The SMILES string of the molecule is CC(C)(C)c1cc(NC(=O)CN2CCNC(=O)CC2)on1. The Morgan fingerprint density at radius 1 is 1.48 bits per heavy atom. The molecule has 0 aliphatic carbocycles. The molecule has 0 bridgehead atoms. The third kappa shape index (κ3) is 4.56. The molecule has 1 saturated heterocycles. The van der Waals surface area contributed by atoms with Gasteiger partial charge in [0.15, 0.2) is 0 Å². The molecule has 2 amide bonds. The van der Waals surface area contributed by atoms with E-state index in [1.54, 1.807) is 6.07 Å². The van der Waals surface area contributed by atoms with Gasteiger partial charge in [0, 0.05) is 37.5 Å². The van der Waals surface area contributed by atoms with Crippen molar-refractivity contribution in [3.8, 4) is 0 Å². The standard InChI is InChI=1S/C14H22N4O3/c1-14(2,3)10-8-13(21-17-10)16-12(20)9-18-6-4-11(19)15-5-7-18/h8H,4-7,9H2,1-3H3,(H,15,19)(H,16,20). The van der Waals surface area contributed by atoms with Crippen LogP contribution in [0, 0.1) is 0 Å². The fraction of sp³-hybridized carbons (Fsp3) is 0.643. The fourth-order valence-corrected chi connectivity index (χ4v) is 2.04. The molecule has 1 fully saturated rings. The summed E-state index contributed by atoms with van der Waals surface area (Å²) in [6.45, 7) is 8.14. The summed E-state index contributed by atoms with van der Waals surface area (Å²) in [5, 5.41) is 9.43. The van der Waals surface area contributed by atoms with Gasteiger partial charge in [-0.2, -0.15) is 0 Å². The molecule has 7 nitrogen and oxygen atoms in total. The van der Waals surface area contributed by atoms with Crippen molar-refractivity contribution >= 4 is 17.7 Å². The molecule has 2 heterocycles. The Morgan fingerprint density at radius 3 is 2.90 bits per heavy atom. The predicted molar refractivity (Wildman–Crippen MR) is 77.9 cm³/mol. The molecule has 1 aliphatic heterocycles. The second-order valence-electron chi connectivity index (χ2n) is 6.25. The van der Waals surface area contributed by atoms with Crippen LogP contribution in [-0.4, -0.2) is 48.0 Å². The van der Waals surface area contributed by atoms with Gasteiger partial charge < -0.3 is 9.84 Å². The van der Waals surface area contributed by atoms with Crippen LogP contribution in [0.1, 0.15) is 32.9 Å². The highest BCUT2D eigenvalue weighted by Gasteiger charge is 2.21. The number of carbonyl (C=O) groups excluding carboxylic acids is 2. The highest BCUT2D eigenvalue weighted by atomic mass is 16.5. The predicted octanol–water partition coefficient (Wildman–Crippen LogP) is 0.733. The van der Waals surface area contributed by atoms with Crippen LogP contribution in [0.25, 0.3) is 0 Å². The van der Waals surface area contributed by atoms with Gasteiger partial charge in [-0.15, -0.1) is 0 Å². The average Bonchev–Trinajstić information content (AvgIpc) is 2.75. The number of nitrogens with zero attached hydrogens (tertiary/aromatic N) is 2. The monoisotopic (exact) mass is 294 g/mol. The summed E-state index contributed by atoms with van der Waals surface area (Å²) in [4.78, 5) is 25.2. The van der Waals surface area contributed by atoms with Crippen molar-refractivity contribution in [1.29, 1.82) is 0 Å². The van der Waals surface area contributed by atoms with Crippen molar-refractivity contribution in [2.24, 2.45) is 0 Å². The van der Waals surface area contributed by atoms with Crippen molar-refractivity contribution in [3.63, 3.8) is 0 Å². The van der Waals surface area contributed by atoms with E-state index in [0.717, 1.165) is 5.69 Å². The van der Waals surface area contributed by atoms with Crippen LogP contribution in [0.5, 0.6) is 0 Å². The maximum absolute atomic E-state index is 12.0. The van der Waals surface area contributed by atoms with Crippen LogP contribution in [0.15, 0.2) is 10.6 Å². The summed E-state index contributed by atoms with van der Waals surface area (Å²) in [5.41, 5.74) is 0.672. The number of hydrogen-bond acceptors (Lipinski definition) is 5. The Bertz CT molecular complexity index is 519. The lowest BCUT2D eigenvalue weighted by atomic mass is 9.92. The van der Waals surface area contributed by atoms with E-state index in [0.29, 0.717) is 31.9 Å². The molecule has 0 atom stereocenters. The number of aromatic nitrogens is 1. The second kappa shape index (κ2) is 6.26. The molecule has 0 unspecified atom stereocenters. The maximum Gasteiger partial charge on any atom is 0.240 e. The first-order chi connectivity index (χ1) is 9.84. The molecular formula is C14H22N4O3. The lowest BCUT2D eigenvalue weighted by Crippen LogP contribution is -2.35. The summed E-state index contributed by atoms with van der Waals surface area (Å²) in [6.07, 6.45) is 0.420. The number of amides is 2. The van der Waals surface area contributed by atoms with Crippen LogP contribution in [0.4, 0.5) is 5.88 Å². The van der Waals surface area contributed by atoms with Gasteiger partial charge in [-0.05, 0) is 0 Å². The Labute approximate surface area is 124 Å².